The minimum absolute atomic E-state index is 0.229. The first kappa shape index (κ1) is 11.8. The third-order valence-electron chi connectivity index (χ3n) is 2.23. The number of pyridine rings is 1. The molecule has 17 heavy (non-hydrogen) atoms. The number of carbonyl (C=O) groups is 1. The van der Waals surface area contributed by atoms with Crippen LogP contribution < -0.4 is 5.32 Å². The molecule has 88 valence electrons. The van der Waals surface area contributed by atoms with Crippen molar-refractivity contribution >= 4 is 27.7 Å². The number of rotatable bonds is 2. The topological polar surface area (TPSA) is 59.8 Å². The summed E-state index contributed by atoms with van der Waals surface area (Å²) in [7, 11) is 1.73. The number of nitrogens with zero attached hydrogens (tertiary/aromatic N) is 3. The van der Waals surface area contributed by atoms with Gasteiger partial charge in [0.2, 0.25) is 0 Å². The van der Waals surface area contributed by atoms with Crippen molar-refractivity contribution in [3.05, 3.63) is 40.3 Å². The second kappa shape index (κ2) is 4.67. The first-order chi connectivity index (χ1) is 8.08. The van der Waals surface area contributed by atoms with Gasteiger partial charge >= 0.3 is 0 Å². The average Bonchev–Trinajstić information content (AvgIpc) is 2.61. The molecule has 1 amide bonds. The quantitative estimate of drug-likeness (QED) is 0.923. The highest BCUT2D eigenvalue weighted by Crippen LogP contribution is 2.19. The standard InChI is InChI=1S/C11H11BrN4O/c1-7-6-9(16(2)15-7)11(17)14-10-8(12)4-3-5-13-10/h3-6H,1-2H3,(H,13,14,17). The zero-order chi connectivity index (χ0) is 12.4. The lowest BCUT2D eigenvalue weighted by Gasteiger charge is -2.05. The molecular formula is C11H11BrN4O. The maximum Gasteiger partial charge on any atom is 0.275 e. The fraction of sp³-hybridized carbons (Fsp3) is 0.182. The predicted molar refractivity (Wildman–Crippen MR) is 67.8 cm³/mol. The van der Waals surface area contributed by atoms with Crippen molar-refractivity contribution in [2.45, 2.75) is 6.92 Å². The van der Waals surface area contributed by atoms with Gasteiger partial charge < -0.3 is 5.32 Å². The van der Waals surface area contributed by atoms with Crippen molar-refractivity contribution in [2.24, 2.45) is 7.05 Å². The van der Waals surface area contributed by atoms with Gasteiger partial charge in [-0.2, -0.15) is 5.10 Å². The van der Waals surface area contributed by atoms with Crippen LogP contribution in [-0.4, -0.2) is 20.7 Å². The Morgan fingerprint density at radius 1 is 1.53 bits per heavy atom. The Labute approximate surface area is 107 Å². The molecule has 0 aliphatic carbocycles. The zero-order valence-corrected chi connectivity index (χ0v) is 11.0. The molecule has 0 aliphatic rings. The molecule has 6 heteroatoms. The number of aryl methyl sites for hydroxylation is 2. The zero-order valence-electron chi connectivity index (χ0n) is 9.44. The fourth-order valence-electron chi connectivity index (χ4n) is 1.47. The molecule has 0 bridgehead atoms. The van der Waals surface area contributed by atoms with E-state index >= 15 is 0 Å². The summed E-state index contributed by atoms with van der Waals surface area (Å²) < 4.78 is 2.29. The molecule has 0 saturated heterocycles. The Kier molecular flexibility index (Phi) is 3.23. The van der Waals surface area contributed by atoms with Crippen LogP contribution in [0.5, 0.6) is 0 Å². The third kappa shape index (κ3) is 2.52. The number of hydrogen-bond acceptors (Lipinski definition) is 3. The second-order valence-electron chi connectivity index (χ2n) is 3.58. The number of anilines is 1. The van der Waals surface area contributed by atoms with Crippen LogP contribution in [-0.2, 0) is 7.05 Å². The summed E-state index contributed by atoms with van der Waals surface area (Å²) in [5.41, 5.74) is 1.30. The molecule has 5 nitrogen and oxygen atoms in total. The van der Waals surface area contributed by atoms with E-state index in [1.54, 1.807) is 30.1 Å². The maximum absolute atomic E-state index is 12.0. The highest BCUT2D eigenvalue weighted by atomic mass is 79.9. The number of carbonyl (C=O) groups excluding carboxylic acids is 1. The van der Waals surface area contributed by atoms with E-state index in [1.807, 2.05) is 13.0 Å². The van der Waals surface area contributed by atoms with Gasteiger partial charge in [-0.3, -0.25) is 9.48 Å². The molecule has 0 aliphatic heterocycles. The molecule has 0 spiro atoms. The van der Waals surface area contributed by atoms with Crippen molar-refractivity contribution in [1.29, 1.82) is 0 Å². The number of amides is 1. The summed E-state index contributed by atoms with van der Waals surface area (Å²) in [5, 5.41) is 6.84. The van der Waals surface area contributed by atoms with Crippen molar-refractivity contribution < 1.29 is 4.79 Å². The normalized spacial score (nSPS) is 10.3. The van der Waals surface area contributed by atoms with Crippen molar-refractivity contribution in [1.82, 2.24) is 14.8 Å². The van der Waals surface area contributed by atoms with Gasteiger partial charge in [0.15, 0.2) is 0 Å². The Morgan fingerprint density at radius 2 is 2.29 bits per heavy atom. The van der Waals surface area contributed by atoms with Crippen LogP contribution in [0.2, 0.25) is 0 Å². The minimum atomic E-state index is -0.229. The number of hydrogen-bond donors (Lipinski definition) is 1. The highest BCUT2D eigenvalue weighted by Gasteiger charge is 2.13. The van der Waals surface area contributed by atoms with Gasteiger partial charge in [0, 0.05) is 13.2 Å². The van der Waals surface area contributed by atoms with Gasteiger partial charge in [-0.25, -0.2) is 4.98 Å². The lowest BCUT2D eigenvalue weighted by Crippen LogP contribution is -2.17. The van der Waals surface area contributed by atoms with Gasteiger partial charge in [-0.1, -0.05) is 0 Å². The van der Waals surface area contributed by atoms with E-state index < -0.39 is 0 Å². The Bertz CT molecular complexity index is 564. The smallest absolute Gasteiger partial charge is 0.275 e. The van der Waals surface area contributed by atoms with Gasteiger partial charge in [0.05, 0.1) is 10.2 Å². The third-order valence-corrected chi connectivity index (χ3v) is 2.86. The molecule has 2 heterocycles. The van der Waals surface area contributed by atoms with E-state index in [2.05, 4.69) is 31.3 Å². The summed E-state index contributed by atoms with van der Waals surface area (Å²) in [6.07, 6.45) is 1.62. The van der Waals surface area contributed by atoms with Crippen molar-refractivity contribution in [2.75, 3.05) is 5.32 Å². The number of aromatic nitrogens is 3. The van der Waals surface area contributed by atoms with Gasteiger partial charge in [0.25, 0.3) is 5.91 Å². The van der Waals surface area contributed by atoms with Crippen LogP contribution >= 0.6 is 15.9 Å². The largest absolute Gasteiger partial charge is 0.304 e. The molecule has 0 fully saturated rings. The molecule has 1 N–H and O–H groups in total. The van der Waals surface area contributed by atoms with Crippen LogP contribution in [0.1, 0.15) is 16.2 Å². The second-order valence-corrected chi connectivity index (χ2v) is 4.44. The maximum atomic E-state index is 12.0. The molecule has 0 radical (unpaired) electrons. The van der Waals surface area contributed by atoms with E-state index in [9.17, 15) is 4.79 Å². The Morgan fingerprint density at radius 3 is 2.88 bits per heavy atom. The molecular weight excluding hydrogens is 284 g/mol. The molecule has 2 aromatic rings. The lowest BCUT2D eigenvalue weighted by molar-refractivity contribution is 0.101. The van der Waals surface area contributed by atoms with Crippen LogP contribution in [0.25, 0.3) is 0 Å². The van der Waals surface area contributed by atoms with E-state index in [1.165, 1.54) is 0 Å². The molecule has 0 atom stereocenters. The number of nitrogens with one attached hydrogen (secondary N) is 1. The highest BCUT2D eigenvalue weighted by molar-refractivity contribution is 9.10. The Hall–Kier alpha value is -1.69. The SMILES string of the molecule is Cc1cc(C(=O)Nc2ncccc2Br)n(C)n1. The fourth-order valence-corrected chi connectivity index (χ4v) is 1.83. The first-order valence-corrected chi connectivity index (χ1v) is 5.80. The summed E-state index contributed by atoms with van der Waals surface area (Å²) in [4.78, 5) is 16.0. The average molecular weight is 295 g/mol. The summed E-state index contributed by atoms with van der Waals surface area (Å²) in [6.45, 7) is 1.84. The molecule has 0 saturated carbocycles. The van der Waals surface area contributed by atoms with Gasteiger partial charge in [-0.15, -0.1) is 0 Å². The van der Waals surface area contributed by atoms with Crippen LogP contribution in [0, 0.1) is 6.92 Å². The summed E-state index contributed by atoms with van der Waals surface area (Å²) in [6, 6.07) is 5.33. The summed E-state index contributed by atoms with van der Waals surface area (Å²) in [5.74, 6) is 0.267. The van der Waals surface area contributed by atoms with Crippen LogP contribution in [0.4, 0.5) is 5.82 Å². The van der Waals surface area contributed by atoms with E-state index in [-0.39, 0.29) is 5.91 Å². The van der Waals surface area contributed by atoms with E-state index in [0.717, 1.165) is 10.2 Å². The lowest BCUT2D eigenvalue weighted by atomic mass is 10.3. The monoisotopic (exact) mass is 294 g/mol. The van der Waals surface area contributed by atoms with Gasteiger partial charge in [-0.05, 0) is 41.1 Å². The first-order valence-electron chi connectivity index (χ1n) is 5.00. The van der Waals surface area contributed by atoms with Crippen molar-refractivity contribution in [3.8, 4) is 0 Å². The van der Waals surface area contributed by atoms with E-state index in [0.29, 0.717) is 11.5 Å². The minimum Gasteiger partial charge on any atom is -0.304 e. The van der Waals surface area contributed by atoms with Gasteiger partial charge in [0.1, 0.15) is 11.5 Å². The van der Waals surface area contributed by atoms with E-state index in [4.69, 9.17) is 0 Å². The molecule has 0 unspecified atom stereocenters. The predicted octanol–water partition coefficient (Wildman–Crippen LogP) is 2.14. The molecule has 0 aromatic carbocycles. The van der Waals surface area contributed by atoms with Crippen LogP contribution in [0.3, 0.4) is 0 Å². The number of halogens is 1. The molecule has 2 aromatic heterocycles. The van der Waals surface area contributed by atoms with Crippen molar-refractivity contribution in [3.63, 3.8) is 0 Å². The summed E-state index contributed by atoms with van der Waals surface area (Å²) >= 11 is 3.32. The van der Waals surface area contributed by atoms with Crippen LogP contribution in [0.15, 0.2) is 28.9 Å². The Balaban J connectivity index is 2.23. The molecule has 2 rings (SSSR count).